The topological polar surface area (TPSA) is 52.0 Å². The molecule has 1 saturated carbocycles. The Morgan fingerprint density at radius 2 is 2.14 bits per heavy atom. The molecule has 0 spiro atoms. The summed E-state index contributed by atoms with van der Waals surface area (Å²) >= 11 is 3.42. The van der Waals surface area contributed by atoms with E-state index in [0.29, 0.717) is 0 Å². The van der Waals surface area contributed by atoms with Crippen LogP contribution in [-0.2, 0) is 0 Å². The molecule has 1 aliphatic carbocycles. The zero-order valence-electron chi connectivity index (χ0n) is 8.04. The molecule has 0 radical (unpaired) electrons. The Bertz CT molecular complexity index is 334. The van der Waals surface area contributed by atoms with Gasteiger partial charge in [0.05, 0.1) is 0 Å². The van der Waals surface area contributed by atoms with Crippen molar-refractivity contribution in [1.82, 2.24) is 0 Å². The SMILES string of the molecule is Nc1ccc(C(N)CC2CC2)cc1Br. The second kappa shape index (κ2) is 3.91. The fraction of sp³-hybridized carbons (Fsp3) is 0.455. The second-order valence-electron chi connectivity index (χ2n) is 4.07. The smallest absolute Gasteiger partial charge is 0.0458 e. The largest absolute Gasteiger partial charge is 0.398 e. The first-order valence-corrected chi connectivity index (χ1v) is 5.76. The maximum absolute atomic E-state index is 6.09. The molecular weight excluding hydrogens is 240 g/mol. The molecule has 76 valence electrons. The van der Waals surface area contributed by atoms with Crippen molar-refractivity contribution in [2.75, 3.05) is 5.73 Å². The lowest BCUT2D eigenvalue weighted by Crippen LogP contribution is -2.11. The van der Waals surface area contributed by atoms with E-state index in [2.05, 4.69) is 15.9 Å². The Balaban J connectivity index is 2.10. The van der Waals surface area contributed by atoms with Crippen LogP contribution in [0.5, 0.6) is 0 Å². The van der Waals surface area contributed by atoms with Crippen LogP contribution in [0.1, 0.15) is 30.9 Å². The lowest BCUT2D eigenvalue weighted by atomic mass is 10.0. The van der Waals surface area contributed by atoms with Gasteiger partial charge in [-0.2, -0.15) is 0 Å². The average molecular weight is 255 g/mol. The fourth-order valence-electron chi connectivity index (χ4n) is 1.62. The monoisotopic (exact) mass is 254 g/mol. The van der Waals surface area contributed by atoms with Crippen molar-refractivity contribution in [3.63, 3.8) is 0 Å². The van der Waals surface area contributed by atoms with Crippen molar-refractivity contribution >= 4 is 21.6 Å². The van der Waals surface area contributed by atoms with Crippen LogP contribution in [0.3, 0.4) is 0 Å². The molecule has 0 aromatic heterocycles. The number of nitrogen functional groups attached to an aromatic ring is 1. The molecule has 1 atom stereocenters. The summed E-state index contributed by atoms with van der Waals surface area (Å²) in [6, 6.07) is 6.13. The van der Waals surface area contributed by atoms with Crippen LogP contribution >= 0.6 is 15.9 Å². The maximum Gasteiger partial charge on any atom is 0.0458 e. The van der Waals surface area contributed by atoms with Crippen molar-refractivity contribution in [2.45, 2.75) is 25.3 Å². The highest BCUT2D eigenvalue weighted by Crippen LogP contribution is 2.37. The molecule has 2 nitrogen and oxygen atoms in total. The molecule has 1 unspecified atom stereocenters. The molecule has 1 aliphatic rings. The van der Waals surface area contributed by atoms with E-state index in [-0.39, 0.29) is 6.04 Å². The summed E-state index contributed by atoms with van der Waals surface area (Å²) in [5.41, 5.74) is 13.8. The molecule has 0 saturated heterocycles. The third-order valence-electron chi connectivity index (χ3n) is 2.74. The molecule has 3 heteroatoms. The van der Waals surface area contributed by atoms with E-state index in [1.807, 2.05) is 18.2 Å². The predicted octanol–water partition coefficient (Wildman–Crippen LogP) is 2.83. The zero-order chi connectivity index (χ0) is 10.1. The minimum atomic E-state index is 0.166. The summed E-state index contributed by atoms with van der Waals surface area (Å²) in [5, 5.41) is 0. The normalized spacial score (nSPS) is 18.1. The van der Waals surface area contributed by atoms with Crippen molar-refractivity contribution in [3.05, 3.63) is 28.2 Å². The van der Waals surface area contributed by atoms with Gasteiger partial charge in [0, 0.05) is 16.2 Å². The Morgan fingerprint density at radius 1 is 1.43 bits per heavy atom. The van der Waals surface area contributed by atoms with E-state index in [4.69, 9.17) is 11.5 Å². The van der Waals surface area contributed by atoms with E-state index < -0.39 is 0 Å². The number of halogens is 1. The molecule has 0 aliphatic heterocycles. The minimum absolute atomic E-state index is 0.166. The van der Waals surface area contributed by atoms with Crippen LogP contribution < -0.4 is 11.5 Å². The van der Waals surface area contributed by atoms with Gasteiger partial charge in [0.2, 0.25) is 0 Å². The van der Waals surface area contributed by atoms with Crippen molar-refractivity contribution in [1.29, 1.82) is 0 Å². The van der Waals surface area contributed by atoms with E-state index in [1.165, 1.54) is 18.4 Å². The Morgan fingerprint density at radius 3 is 2.71 bits per heavy atom. The van der Waals surface area contributed by atoms with Gasteiger partial charge in [-0.3, -0.25) is 0 Å². The van der Waals surface area contributed by atoms with Crippen LogP contribution in [0.4, 0.5) is 5.69 Å². The van der Waals surface area contributed by atoms with Crippen LogP contribution in [-0.4, -0.2) is 0 Å². The van der Waals surface area contributed by atoms with E-state index in [9.17, 15) is 0 Å². The van der Waals surface area contributed by atoms with Gasteiger partial charge in [-0.1, -0.05) is 18.9 Å². The number of anilines is 1. The maximum atomic E-state index is 6.09. The van der Waals surface area contributed by atoms with Gasteiger partial charge < -0.3 is 11.5 Å². The van der Waals surface area contributed by atoms with E-state index in [1.54, 1.807) is 0 Å². The summed E-state index contributed by atoms with van der Waals surface area (Å²) in [6.07, 6.45) is 3.81. The highest BCUT2D eigenvalue weighted by Gasteiger charge is 2.24. The van der Waals surface area contributed by atoms with Gasteiger partial charge in [-0.15, -0.1) is 0 Å². The van der Waals surface area contributed by atoms with Gasteiger partial charge in [-0.25, -0.2) is 0 Å². The van der Waals surface area contributed by atoms with Crippen LogP contribution in [0, 0.1) is 5.92 Å². The third kappa shape index (κ3) is 2.28. The highest BCUT2D eigenvalue weighted by atomic mass is 79.9. The van der Waals surface area contributed by atoms with Crippen LogP contribution in [0.15, 0.2) is 22.7 Å². The summed E-state index contributed by atoms with van der Waals surface area (Å²) in [6.45, 7) is 0. The van der Waals surface area contributed by atoms with Crippen molar-refractivity contribution in [2.24, 2.45) is 11.7 Å². The Hall–Kier alpha value is -0.540. The number of rotatable bonds is 3. The van der Waals surface area contributed by atoms with E-state index >= 15 is 0 Å². The molecule has 14 heavy (non-hydrogen) atoms. The lowest BCUT2D eigenvalue weighted by Gasteiger charge is -2.12. The summed E-state index contributed by atoms with van der Waals surface area (Å²) in [7, 11) is 0. The van der Waals surface area contributed by atoms with Crippen molar-refractivity contribution in [3.8, 4) is 0 Å². The van der Waals surface area contributed by atoms with Gasteiger partial charge in [0.25, 0.3) is 0 Å². The molecule has 0 heterocycles. The minimum Gasteiger partial charge on any atom is -0.398 e. The van der Waals surface area contributed by atoms with Gasteiger partial charge in [0.1, 0.15) is 0 Å². The number of hydrogen-bond donors (Lipinski definition) is 2. The van der Waals surface area contributed by atoms with E-state index in [0.717, 1.165) is 22.5 Å². The molecule has 2 rings (SSSR count). The molecule has 0 amide bonds. The molecule has 1 aromatic rings. The Kier molecular flexibility index (Phi) is 2.79. The average Bonchev–Trinajstić information content (AvgIpc) is 2.93. The summed E-state index contributed by atoms with van der Waals surface area (Å²) in [5.74, 6) is 0.862. The first-order valence-electron chi connectivity index (χ1n) is 4.97. The van der Waals surface area contributed by atoms with Crippen LogP contribution in [0.2, 0.25) is 0 Å². The predicted molar refractivity (Wildman–Crippen MR) is 62.8 cm³/mol. The molecular formula is C11H15BrN2. The second-order valence-corrected chi connectivity index (χ2v) is 4.92. The zero-order valence-corrected chi connectivity index (χ0v) is 9.63. The summed E-state index contributed by atoms with van der Waals surface area (Å²) < 4.78 is 0.946. The Labute approximate surface area is 92.8 Å². The molecule has 0 bridgehead atoms. The van der Waals surface area contributed by atoms with Gasteiger partial charge in [0.15, 0.2) is 0 Å². The summed E-state index contributed by atoms with van der Waals surface area (Å²) in [4.78, 5) is 0. The van der Waals surface area contributed by atoms with Gasteiger partial charge in [-0.05, 0) is 46.0 Å². The quantitative estimate of drug-likeness (QED) is 0.816. The van der Waals surface area contributed by atoms with Crippen molar-refractivity contribution < 1.29 is 0 Å². The number of nitrogens with two attached hydrogens (primary N) is 2. The number of hydrogen-bond acceptors (Lipinski definition) is 2. The first-order chi connectivity index (χ1) is 6.66. The molecule has 1 aromatic carbocycles. The van der Waals surface area contributed by atoms with Gasteiger partial charge >= 0.3 is 0 Å². The first kappa shape index (κ1) is 9.99. The molecule has 1 fully saturated rings. The standard InChI is InChI=1S/C11H15BrN2/c12-9-6-8(3-4-10(9)13)11(14)5-7-1-2-7/h3-4,6-7,11H,1-2,5,13-14H2. The fourth-order valence-corrected chi connectivity index (χ4v) is 2.02. The lowest BCUT2D eigenvalue weighted by molar-refractivity contribution is 0.597. The third-order valence-corrected chi connectivity index (χ3v) is 3.42. The van der Waals surface area contributed by atoms with Crippen LogP contribution in [0.25, 0.3) is 0 Å². The highest BCUT2D eigenvalue weighted by molar-refractivity contribution is 9.10. The molecule has 4 N–H and O–H groups in total. The number of benzene rings is 1.